The number of carbonyl (C=O) groups is 1. The van der Waals surface area contributed by atoms with Gasteiger partial charge in [0, 0.05) is 37.6 Å². The van der Waals surface area contributed by atoms with Gasteiger partial charge in [-0.3, -0.25) is 9.78 Å². The Labute approximate surface area is 165 Å². The summed E-state index contributed by atoms with van der Waals surface area (Å²) in [6.45, 7) is 2.56. The van der Waals surface area contributed by atoms with Crippen molar-refractivity contribution in [2.24, 2.45) is 11.7 Å². The largest absolute Gasteiger partial charge is 0.337 e. The molecule has 2 aromatic rings. The van der Waals surface area contributed by atoms with E-state index in [1.165, 1.54) is 12.8 Å². The molecule has 7 heteroatoms. The number of hydrogen-bond acceptors (Lipinski definition) is 6. The lowest BCUT2D eigenvalue weighted by atomic mass is 10.0. The highest BCUT2D eigenvalue weighted by molar-refractivity contribution is 6.10. The molecule has 1 amide bonds. The van der Waals surface area contributed by atoms with Crippen molar-refractivity contribution in [2.75, 3.05) is 16.8 Å². The number of anilines is 2. The van der Waals surface area contributed by atoms with Crippen molar-refractivity contribution in [3.8, 4) is 11.4 Å². The third-order valence-corrected chi connectivity index (χ3v) is 6.77. The molecule has 7 nitrogen and oxygen atoms in total. The lowest BCUT2D eigenvalue weighted by Crippen LogP contribution is -2.59. The molecule has 0 aromatic carbocycles. The van der Waals surface area contributed by atoms with Gasteiger partial charge in [0.25, 0.3) is 5.91 Å². The molecule has 2 fully saturated rings. The molecule has 3 aliphatic rings. The molecule has 2 N–H and O–H groups in total. The molecule has 2 saturated carbocycles. The fourth-order valence-corrected chi connectivity index (χ4v) is 5.11. The van der Waals surface area contributed by atoms with Crippen molar-refractivity contribution in [1.29, 1.82) is 0 Å². The van der Waals surface area contributed by atoms with E-state index < -0.39 is 5.54 Å². The van der Waals surface area contributed by atoms with Gasteiger partial charge in [0.2, 0.25) is 0 Å². The molecule has 5 rings (SSSR count). The minimum atomic E-state index is -0.433. The van der Waals surface area contributed by atoms with Crippen LogP contribution in [0.15, 0.2) is 24.7 Å². The normalized spacial score (nSPS) is 26.8. The highest BCUT2D eigenvalue weighted by Crippen LogP contribution is 2.57. The molecule has 0 saturated heterocycles. The zero-order chi connectivity index (χ0) is 19.5. The molecule has 1 aliphatic heterocycles. The van der Waals surface area contributed by atoms with Crippen molar-refractivity contribution >= 4 is 17.4 Å². The van der Waals surface area contributed by atoms with Crippen LogP contribution in [0, 0.1) is 5.92 Å². The van der Waals surface area contributed by atoms with Gasteiger partial charge in [0.1, 0.15) is 11.2 Å². The van der Waals surface area contributed by atoms with Gasteiger partial charge in [-0.2, -0.15) is 0 Å². The number of amides is 1. The number of hydrogen-bond donors (Lipinski definition) is 1. The number of carbonyl (C=O) groups excluding carboxylic acids is 1. The minimum Gasteiger partial charge on any atom is -0.337 e. The smallest absolute Gasteiger partial charge is 0.253 e. The standard InChI is InChI=1S/C21H26N6O/c1-13-9-21(13)20(28)26(2)17-12-24-18(16-7-8-23-11-14(16)10-22)25-19(17)27(21)15-5-3-4-6-15/h7-8,11-13,15H,3-6,9-10,22H2,1-2H3/t13-,21-/m0/s1. The Morgan fingerprint density at radius 3 is 2.71 bits per heavy atom. The van der Waals surface area contributed by atoms with Gasteiger partial charge in [-0.25, -0.2) is 9.97 Å². The van der Waals surface area contributed by atoms with E-state index >= 15 is 0 Å². The molecule has 2 aromatic heterocycles. The Bertz CT molecular complexity index is 940. The van der Waals surface area contributed by atoms with Crippen LogP contribution in [0.25, 0.3) is 11.4 Å². The van der Waals surface area contributed by atoms with Gasteiger partial charge >= 0.3 is 0 Å². The third kappa shape index (κ3) is 2.32. The molecule has 3 heterocycles. The number of fused-ring (bicyclic) bond motifs is 1. The lowest BCUT2D eigenvalue weighted by molar-refractivity contribution is -0.121. The van der Waals surface area contributed by atoms with Crippen LogP contribution < -0.4 is 15.5 Å². The van der Waals surface area contributed by atoms with E-state index in [1.54, 1.807) is 23.5 Å². The van der Waals surface area contributed by atoms with E-state index in [1.807, 2.05) is 13.1 Å². The summed E-state index contributed by atoms with van der Waals surface area (Å²) in [5.74, 6) is 2.07. The van der Waals surface area contributed by atoms with Gasteiger partial charge in [0.05, 0.1) is 6.20 Å². The number of nitrogens with zero attached hydrogens (tertiary/aromatic N) is 5. The first-order valence-corrected chi connectivity index (χ1v) is 10.2. The van der Waals surface area contributed by atoms with Crippen molar-refractivity contribution in [2.45, 2.75) is 57.2 Å². The van der Waals surface area contributed by atoms with Crippen molar-refractivity contribution < 1.29 is 4.79 Å². The summed E-state index contributed by atoms with van der Waals surface area (Å²) in [7, 11) is 1.85. The van der Waals surface area contributed by atoms with Gasteiger partial charge < -0.3 is 15.5 Å². The minimum absolute atomic E-state index is 0.183. The summed E-state index contributed by atoms with van der Waals surface area (Å²) in [6, 6.07) is 2.28. The maximum absolute atomic E-state index is 13.3. The van der Waals surface area contributed by atoms with Crippen LogP contribution in [0.1, 0.15) is 44.6 Å². The predicted molar refractivity (Wildman–Crippen MR) is 108 cm³/mol. The molecule has 2 aliphatic carbocycles. The fraction of sp³-hybridized carbons (Fsp3) is 0.524. The first kappa shape index (κ1) is 17.6. The van der Waals surface area contributed by atoms with Crippen LogP contribution in [0.4, 0.5) is 11.5 Å². The topological polar surface area (TPSA) is 88.2 Å². The number of likely N-dealkylation sites (N-methyl/N-ethyl adjacent to an activating group) is 1. The zero-order valence-corrected chi connectivity index (χ0v) is 16.4. The summed E-state index contributed by atoms with van der Waals surface area (Å²) >= 11 is 0. The first-order valence-electron chi connectivity index (χ1n) is 10.2. The van der Waals surface area contributed by atoms with Crippen molar-refractivity contribution in [1.82, 2.24) is 15.0 Å². The Morgan fingerprint density at radius 2 is 2.04 bits per heavy atom. The summed E-state index contributed by atoms with van der Waals surface area (Å²) < 4.78 is 0. The van der Waals surface area contributed by atoms with Crippen LogP contribution in [-0.4, -0.2) is 39.5 Å². The van der Waals surface area contributed by atoms with Crippen LogP contribution in [0.2, 0.25) is 0 Å². The molecule has 28 heavy (non-hydrogen) atoms. The molecular formula is C21H26N6O. The number of nitrogens with two attached hydrogens (primary N) is 1. The Kier molecular flexibility index (Phi) is 3.91. The maximum Gasteiger partial charge on any atom is 0.253 e. The Hall–Kier alpha value is -2.54. The van der Waals surface area contributed by atoms with Gasteiger partial charge in [-0.05, 0) is 36.8 Å². The van der Waals surface area contributed by atoms with Crippen LogP contribution in [0.5, 0.6) is 0 Å². The summed E-state index contributed by atoms with van der Waals surface area (Å²) in [6.07, 6.45) is 10.9. The van der Waals surface area contributed by atoms with Crippen LogP contribution in [0.3, 0.4) is 0 Å². The van der Waals surface area contributed by atoms with Crippen molar-refractivity contribution in [3.05, 3.63) is 30.2 Å². The quantitative estimate of drug-likeness (QED) is 0.883. The van der Waals surface area contributed by atoms with Gasteiger partial charge in [-0.15, -0.1) is 0 Å². The third-order valence-electron chi connectivity index (χ3n) is 6.77. The molecule has 0 radical (unpaired) electrons. The Morgan fingerprint density at radius 1 is 1.29 bits per heavy atom. The second-order valence-corrected chi connectivity index (χ2v) is 8.34. The molecule has 0 bridgehead atoms. The second kappa shape index (κ2) is 6.24. The monoisotopic (exact) mass is 378 g/mol. The highest BCUT2D eigenvalue weighted by Gasteiger charge is 2.66. The molecule has 2 atom stereocenters. The molecule has 0 unspecified atom stereocenters. The van der Waals surface area contributed by atoms with Crippen LogP contribution >= 0.6 is 0 Å². The molecule has 1 spiro atoms. The van der Waals surface area contributed by atoms with Gasteiger partial charge in [0.15, 0.2) is 11.6 Å². The van der Waals surface area contributed by atoms with E-state index in [2.05, 4.69) is 21.8 Å². The van der Waals surface area contributed by atoms with Crippen molar-refractivity contribution in [3.63, 3.8) is 0 Å². The molecular weight excluding hydrogens is 352 g/mol. The number of aromatic nitrogens is 3. The number of rotatable bonds is 3. The van der Waals surface area contributed by atoms with Crippen LogP contribution in [-0.2, 0) is 11.3 Å². The summed E-state index contributed by atoms with van der Waals surface area (Å²) in [4.78, 5) is 31.2. The average molecular weight is 378 g/mol. The fourth-order valence-electron chi connectivity index (χ4n) is 5.11. The predicted octanol–water partition coefficient (Wildman–Crippen LogP) is 2.50. The van der Waals surface area contributed by atoms with E-state index in [0.29, 0.717) is 24.3 Å². The number of pyridine rings is 1. The van der Waals surface area contributed by atoms with E-state index in [9.17, 15) is 4.79 Å². The zero-order valence-electron chi connectivity index (χ0n) is 16.4. The summed E-state index contributed by atoms with van der Waals surface area (Å²) in [5.41, 5.74) is 8.10. The SMILES string of the molecule is C[C@H]1C[C@@]12C(=O)N(C)c1cnc(-c3ccncc3CN)nc1N2C1CCCC1. The summed E-state index contributed by atoms with van der Waals surface area (Å²) in [5, 5.41) is 0. The van der Waals surface area contributed by atoms with E-state index in [4.69, 9.17) is 10.7 Å². The average Bonchev–Trinajstić information content (AvgIpc) is 3.12. The van der Waals surface area contributed by atoms with Gasteiger partial charge in [-0.1, -0.05) is 19.8 Å². The Balaban J connectivity index is 1.68. The molecule has 146 valence electrons. The maximum atomic E-state index is 13.3. The second-order valence-electron chi connectivity index (χ2n) is 8.34. The lowest BCUT2D eigenvalue weighted by Gasteiger charge is -2.45. The van der Waals surface area contributed by atoms with E-state index in [-0.39, 0.29) is 5.91 Å². The first-order chi connectivity index (χ1) is 13.6. The highest BCUT2D eigenvalue weighted by atomic mass is 16.2. The van der Waals surface area contributed by atoms with E-state index in [0.717, 1.165) is 41.9 Å².